The van der Waals surface area contributed by atoms with Crippen LogP contribution < -0.4 is 4.74 Å². The van der Waals surface area contributed by atoms with E-state index in [1.807, 2.05) is 0 Å². The number of carbonyl (C=O) groups is 1. The number of ether oxygens (including phenoxy) is 2. The lowest BCUT2D eigenvalue weighted by atomic mass is 10.1. The van der Waals surface area contributed by atoms with E-state index in [1.54, 1.807) is 13.0 Å². The molecule has 0 amide bonds. The normalized spacial score (nSPS) is 10.5. The third-order valence-electron chi connectivity index (χ3n) is 2.08. The summed E-state index contributed by atoms with van der Waals surface area (Å²) in [5.41, 5.74) is 0.645. The molecular formula is C12H13ClF2O3. The van der Waals surface area contributed by atoms with E-state index in [9.17, 15) is 13.6 Å². The third kappa shape index (κ3) is 5.31. The molecule has 100 valence electrons. The highest BCUT2D eigenvalue weighted by atomic mass is 35.5. The molecule has 0 spiro atoms. The number of aryl methyl sites for hydroxylation is 1. The van der Waals surface area contributed by atoms with Crippen LogP contribution in [0.1, 0.15) is 18.9 Å². The van der Waals surface area contributed by atoms with Gasteiger partial charge in [-0.2, -0.15) is 8.78 Å². The van der Waals surface area contributed by atoms with E-state index in [-0.39, 0.29) is 23.2 Å². The van der Waals surface area contributed by atoms with Crippen LogP contribution in [0.25, 0.3) is 0 Å². The Kier molecular flexibility index (Phi) is 5.85. The summed E-state index contributed by atoms with van der Waals surface area (Å²) >= 11 is 5.77. The summed E-state index contributed by atoms with van der Waals surface area (Å²) in [4.78, 5) is 11.2. The highest BCUT2D eigenvalue weighted by Gasteiger charge is 2.08. The molecule has 0 aliphatic rings. The van der Waals surface area contributed by atoms with Gasteiger partial charge >= 0.3 is 12.6 Å². The van der Waals surface area contributed by atoms with Gasteiger partial charge in [0.1, 0.15) is 5.75 Å². The van der Waals surface area contributed by atoms with E-state index in [4.69, 9.17) is 16.3 Å². The van der Waals surface area contributed by atoms with Crippen LogP contribution in [0.5, 0.6) is 5.75 Å². The van der Waals surface area contributed by atoms with Crippen molar-refractivity contribution in [3.63, 3.8) is 0 Å². The van der Waals surface area contributed by atoms with Crippen molar-refractivity contribution in [2.45, 2.75) is 26.4 Å². The van der Waals surface area contributed by atoms with Crippen LogP contribution in [0.4, 0.5) is 8.78 Å². The van der Waals surface area contributed by atoms with Crippen LogP contribution in [0, 0.1) is 0 Å². The maximum absolute atomic E-state index is 12.1. The SMILES string of the molecule is CCOC(=O)CCc1cc(Cl)cc(OC(F)F)c1. The number of hydrogen-bond acceptors (Lipinski definition) is 3. The van der Waals surface area contributed by atoms with E-state index in [2.05, 4.69) is 4.74 Å². The monoisotopic (exact) mass is 278 g/mol. The van der Waals surface area contributed by atoms with Crippen molar-refractivity contribution in [1.82, 2.24) is 0 Å². The molecule has 1 aromatic carbocycles. The molecule has 0 aliphatic heterocycles. The zero-order valence-electron chi connectivity index (χ0n) is 9.79. The van der Waals surface area contributed by atoms with Gasteiger partial charge in [-0.15, -0.1) is 0 Å². The van der Waals surface area contributed by atoms with Gasteiger partial charge in [0, 0.05) is 11.4 Å². The van der Waals surface area contributed by atoms with Crippen molar-refractivity contribution in [1.29, 1.82) is 0 Å². The molecule has 0 aromatic heterocycles. The lowest BCUT2D eigenvalue weighted by molar-refractivity contribution is -0.143. The lowest BCUT2D eigenvalue weighted by Crippen LogP contribution is -2.06. The Bertz CT molecular complexity index is 410. The predicted molar refractivity (Wildman–Crippen MR) is 63.0 cm³/mol. The van der Waals surface area contributed by atoms with Gasteiger partial charge in [0.2, 0.25) is 0 Å². The number of alkyl halides is 2. The van der Waals surface area contributed by atoms with Crippen molar-refractivity contribution in [3.05, 3.63) is 28.8 Å². The smallest absolute Gasteiger partial charge is 0.387 e. The van der Waals surface area contributed by atoms with Crippen molar-refractivity contribution in [3.8, 4) is 5.75 Å². The van der Waals surface area contributed by atoms with Gasteiger partial charge in [-0.3, -0.25) is 4.79 Å². The average Bonchev–Trinajstić information content (AvgIpc) is 2.25. The Morgan fingerprint density at radius 1 is 1.39 bits per heavy atom. The van der Waals surface area contributed by atoms with Crippen LogP contribution in [0.15, 0.2) is 18.2 Å². The van der Waals surface area contributed by atoms with Crippen LogP contribution >= 0.6 is 11.6 Å². The number of esters is 1. The molecule has 0 saturated carbocycles. The molecule has 0 aliphatic carbocycles. The van der Waals surface area contributed by atoms with Crippen molar-refractivity contribution >= 4 is 17.6 Å². The molecule has 1 rings (SSSR count). The van der Waals surface area contributed by atoms with E-state index in [0.29, 0.717) is 18.6 Å². The zero-order chi connectivity index (χ0) is 13.5. The molecule has 0 bridgehead atoms. The standard InChI is InChI=1S/C12H13ClF2O3/c1-2-17-11(16)4-3-8-5-9(13)7-10(6-8)18-12(14)15/h5-7,12H,2-4H2,1H3. The van der Waals surface area contributed by atoms with Gasteiger partial charge in [-0.1, -0.05) is 11.6 Å². The minimum Gasteiger partial charge on any atom is -0.466 e. The maximum atomic E-state index is 12.1. The quantitative estimate of drug-likeness (QED) is 0.748. The fourth-order valence-corrected chi connectivity index (χ4v) is 1.66. The summed E-state index contributed by atoms with van der Waals surface area (Å²) in [5.74, 6) is -0.356. The first-order valence-electron chi connectivity index (χ1n) is 5.41. The Hall–Kier alpha value is -1.36. The molecule has 0 N–H and O–H groups in total. The molecule has 0 heterocycles. The molecule has 6 heteroatoms. The van der Waals surface area contributed by atoms with E-state index in [1.165, 1.54) is 12.1 Å². The topological polar surface area (TPSA) is 35.5 Å². The Labute approximate surface area is 109 Å². The predicted octanol–water partition coefficient (Wildman–Crippen LogP) is 3.44. The molecule has 0 atom stereocenters. The van der Waals surface area contributed by atoms with E-state index in [0.717, 1.165) is 0 Å². The first kappa shape index (κ1) is 14.7. The molecule has 0 unspecified atom stereocenters. The fourth-order valence-electron chi connectivity index (χ4n) is 1.42. The molecule has 0 saturated heterocycles. The summed E-state index contributed by atoms with van der Waals surface area (Å²) in [6.45, 7) is -0.874. The fraction of sp³-hybridized carbons (Fsp3) is 0.417. The molecule has 18 heavy (non-hydrogen) atoms. The van der Waals surface area contributed by atoms with Crippen LogP contribution in [0.2, 0.25) is 5.02 Å². The number of halogens is 3. The van der Waals surface area contributed by atoms with Gasteiger partial charge in [0.05, 0.1) is 6.61 Å². The summed E-state index contributed by atoms with van der Waals surface area (Å²) < 4.78 is 33.1. The summed E-state index contributed by atoms with van der Waals surface area (Å²) in [7, 11) is 0. The first-order chi connectivity index (χ1) is 8.51. The highest BCUT2D eigenvalue weighted by molar-refractivity contribution is 6.30. The summed E-state index contributed by atoms with van der Waals surface area (Å²) in [6.07, 6.45) is 0.529. The molecule has 0 radical (unpaired) electrons. The highest BCUT2D eigenvalue weighted by Crippen LogP contribution is 2.23. The second kappa shape index (κ2) is 7.16. The van der Waals surface area contributed by atoms with Gasteiger partial charge in [0.15, 0.2) is 0 Å². The number of rotatable bonds is 6. The summed E-state index contributed by atoms with van der Waals surface area (Å²) in [6, 6.07) is 4.32. The number of benzene rings is 1. The van der Waals surface area contributed by atoms with Gasteiger partial charge in [-0.25, -0.2) is 0 Å². The molecule has 0 fully saturated rings. The summed E-state index contributed by atoms with van der Waals surface area (Å²) in [5, 5.41) is 0.284. The van der Waals surface area contributed by atoms with Crippen LogP contribution in [-0.2, 0) is 16.0 Å². The van der Waals surface area contributed by atoms with Crippen molar-refractivity contribution < 1.29 is 23.0 Å². The zero-order valence-corrected chi connectivity index (χ0v) is 10.5. The van der Waals surface area contributed by atoms with Gasteiger partial charge < -0.3 is 9.47 Å². The number of carbonyl (C=O) groups excluding carboxylic acids is 1. The Balaban J connectivity index is 2.65. The molecular weight excluding hydrogens is 266 g/mol. The Morgan fingerprint density at radius 3 is 2.72 bits per heavy atom. The second-order valence-electron chi connectivity index (χ2n) is 3.48. The second-order valence-corrected chi connectivity index (χ2v) is 3.92. The van der Waals surface area contributed by atoms with E-state index < -0.39 is 6.61 Å². The largest absolute Gasteiger partial charge is 0.466 e. The van der Waals surface area contributed by atoms with Crippen molar-refractivity contribution in [2.24, 2.45) is 0 Å². The van der Waals surface area contributed by atoms with Gasteiger partial charge in [-0.05, 0) is 37.1 Å². The lowest BCUT2D eigenvalue weighted by Gasteiger charge is -2.08. The number of hydrogen-bond donors (Lipinski definition) is 0. The van der Waals surface area contributed by atoms with Crippen molar-refractivity contribution in [2.75, 3.05) is 6.61 Å². The minimum absolute atomic E-state index is 0.0173. The van der Waals surface area contributed by atoms with Crippen LogP contribution in [-0.4, -0.2) is 19.2 Å². The minimum atomic E-state index is -2.90. The molecule has 3 nitrogen and oxygen atoms in total. The van der Waals surface area contributed by atoms with Crippen LogP contribution in [0.3, 0.4) is 0 Å². The average molecular weight is 279 g/mol. The van der Waals surface area contributed by atoms with E-state index >= 15 is 0 Å². The third-order valence-corrected chi connectivity index (χ3v) is 2.30. The Morgan fingerprint density at radius 2 is 2.11 bits per heavy atom. The first-order valence-corrected chi connectivity index (χ1v) is 5.79. The maximum Gasteiger partial charge on any atom is 0.387 e. The van der Waals surface area contributed by atoms with Gasteiger partial charge in [0.25, 0.3) is 0 Å². The molecule has 1 aromatic rings.